The van der Waals surface area contributed by atoms with Crippen LogP contribution < -0.4 is 19.1 Å². The molecule has 1 fully saturated rings. The second-order valence-electron chi connectivity index (χ2n) is 10.5. The molecule has 1 saturated carbocycles. The lowest BCUT2D eigenvalue weighted by molar-refractivity contribution is -0.139. The summed E-state index contributed by atoms with van der Waals surface area (Å²) in [6, 6.07) is 18.7. The van der Waals surface area contributed by atoms with Crippen LogP contribution in [-0.4, -0.2) is 58.0 Å². The summed E-state index contributed by atoms with van der Waals surface area (Å²) in [7, 11) is -1.38. The Bertz CT molecular complexity index is 1510. The van der Waals surface area contributed by atoms with Gasteiger partial charge in [0, 0.05) is 23.7 Å². The third-order valence-corrected chi connectivity index (χ3v) is 9.63. The van der Waals surface area contributed by atoms with Crippen LogP contribution in [-0.2, 0) is 26.2 Å². The molecule has 4 rings (SSSR count). The molecule has 1 aliphatic carbocycles. The molecular formula is C32H38ClN3O6S. The molecule has 3 aromatic carbocycles. The Morgan fingerprint density at radius 1 is 0.953 bits per heavy atom. The number of hydrogen-bond acceptors (Lipinski definition) is 6. The van der Waals surface area contributed by atoms with Crippen molar-refractivity contribution in [3.63, 3.8) is 0 Å². The van der Waals surface area contributed by atoms with Crippen molar-refractivity contribution in [2.24, 2.45) is 0 Å². The van der Waals surface area contributed by atoms with Crippen molar-refractivity contribution in [1.82, 2.24) is 10.2 Å². The molecule has 2 amide bonds. The summed E-state index contributed by atoms with van der Waals surface area (Å²) in [5.74, 6) is -0.250. The van der Waals surface area contributed by atoms with E-state index in [4.69, 9.17) is 21.1 Å². The number of nitrogens with one attached hydrogen (secondary N) is 1. The standard InChI is InChI=1S/C32H38ClN3O6S/c1-23(32(38)34-26-13-6-4-7-14-26)35(21-24-11-10-12-25(33)19-24)31(37)22-36(43(39,40)28-15-8-5-9-16-28)29-20-27(41-2)17-18-30(29)42-3/h5,8-12,15-20,23,26H,4,6-7,13-14,21-22H2,1-3H3,(H,34,38). The topological polar surface area (TPSA) is 105 Å². The van der Waals surface area contributed by atoms with Gasteiger partial charge >= 0.3 is 0 Å². The molecule has 11 heteroatoms. The Morgan fingerprint density at radius 2 is 1.67 bits per heavy atom. The predicted molar refractivity (Wildman–Crippen MR) is 167 cm³/mol. The molecule has 0 spiro atoms. The molecule has 1 unspecified atom stereocenters. The van der Waals surface area contributed by atoms with Crippen LogP contribution in [0.5, 0.6) is 11.5 Å². The van der Waals surface area contributed by atoms with E-state index in [9.17, 15) is 18.0 Å². The summed E-state index contributed by atoms with van der Waals surface area (Å²) in [6.45, 7) is 1.11. The molecular weight excluding hydrogens is 590 g/mol. The van der Waals surface area contributed by atoms with Crippen molar-refractivity contribution >= 4 is 39.1 Å². The predicted octanol–water partition coefficient (Wildman–Crippen LogP) is 5.42. The number of ether oxygens (including phenoxy) is 2. The molecule has 3 aromatic rings. The number of sulfonamides is 1. The van der Waals surface area contributed by atoms with Crippen LogP contribution in [0.15, 0.2) is 77.7 Å². The minimum absolute atomic E-state index is 0.00264. The maximum absolute atomic E-state index is 14.2. The van der Waals surface area contributed by atoms with Gasteiger partial charge < -0.3 is 19.7 Å². The molecule has 0 radical (unpaired) electrons. The number of carbonyl (C=O) groups is 2. The average molecular weight is 628 g/mol. The molecule has 1 N–H and O–H groups in total. The van der Waals surface area contributed by atoms with Crippen molar-refractivity contribution in [3.8, 4) is 11.5 Å². The van der Waals surface area contributed by atoms with Crippen molar-refractivity contribution in [2.45, 2.75) is 62.6 Å². The second kappa shape index (κ2) is 14.6. The molecule has 1 aliphatic rings. The number of hydrogen-bond donors (Lipinski definition) is 1. The number of halogens is 1. The number of carbonyl (C=O) groups excluding carboxylic acids is 2. The van der Waals surface area contributed by atoms with Crippen molar-refractivity contribution < 1.29 is 27.5 Å². The van der Waals surface area contributed by atoms with Gasteiger partial charge in [0.1, 0.15) is 24.1 Å². The highest BCUT2D eigenvalue weighted by Gasteiger charge is 2.34. The highest BCUT2D eigenvalue weighted by molar-refractivity contribution is 7.92. The van der Waals surface area contributed by atoms with Gasteiger partial charge in [0.05, 0.1) is 24.8 Å². The Kier molecular flexibility index (Phi) is 10.9. The van der Waals surface area contributed by atoms with Gasteiger partial charge in [-0.25, -0.2) is 8.42 Å². The van der Waals surface area contributed by atoms with E-state index in [2.05, 4.69) is 5.32 Å². The monoisotopic (exact) mass is 627 g/mol. The van der Waals surface area contributed by atoms with E-state index in [1.807, 2.05) is 6.07 Å². The molecule has 0 bridgehead atoms. The normalized spacial score (nSPS) is 14.4. The fourth-order valence-electron chi connectivity index (χ4n) is 5.21. The molecule has 0 heterocycles. The van der Waals surface area contributed by atoms with E-state index in [0.29, 0.717) is 16.3 Å². The summed E-state index contributed by atoms with van der Waals surface area (Å²) >= 11 is 6.24. The minimum atomic E-state index is -4.26. The second-order valence-corrected chi connectivity index (χ2v) is 12.8. The first-order chi connectivity index (χ1) is 20.6. The first-order valence-corrected chi connectivity index (χ1v) is 16.1. The first kappa shape index (κ1) is 32.2. The number of rotatable bonds is 12. The Hall–Kier alpha value is -3.76. The lowest BCUT2D eigenvalue weighted by Crippen LogP contribution is -2.53. The van der Waals surface area contributed by atoms with Crippen LogP contribution in [0.25, 0.3) is 0 Å². The van der Waals surface area contributed by atoms with Crippen molar-refractivity contribution in [3.05, 3.63) is 83.4 Å². The lowest BCUT2D eigenvalue weighted by Gasteiger charge is -2.33. The van der Waals surface area contributed by atoms with Crippen molar-refractivity contribution in [2.75, 3.05) is 25.1 Å². The zero-order valence-corrected chi connectivity index (χ0v) is 26.2. The summed E-state index contributed by atoms with van der Waals surface area (Å²) in [5.41, 5.74) is 0.829. The molecule has 230 valence electrons. The molecule has 43 heavy (non-hydrogen) atoms. The van der Waals surface area contributed by atoms with Gasteiger partial charge in [-0.15, -0.1) is 0 Å². The first-order valence-electron chi connectivity index (χ1n) is 14.3. The van der Waals surface area contributed by atoms with E-state index in [1.54, 1.807) is 55.5 Å². The Labute approximate surface area is 258 Å². The number of benzene rings is 3. The lowest BCUT2D eigenvalue weighted by atomic mass is 9.95. The third kappa shape index (κ3) is 8.00. The van der Waals surface area contributed by atoms with E-state index < -0.39 is 28.5 Å². The quantitative estimate of drug-likeness (QED) is 0.288. The van der Waals surface area contributed by atoms with Gasteiger partial charge in [0.15, 0.2) is 0 Å². The minimum Gasteiger partial charge on any atom is -0.497 e. The smallest absolute Gasteiger partial charge is 0.264 e. The molecule has 0 saturated heterocycles. The van der Waals surface area contributed by atoms with Crippen LogP contribution in [0.2, 0.25) is 5.02 Å². The fourth-order valence-corrected chi connectivity index (χ4v) is 6.86. The number of methoxy groups -OCH3 is 2. The molecule has 0 aliphatic heterocycles. The summed E-state index contributed by atoms with van der Waals surface area (Å²) in [4.78, 5) is 29.1. The summed E-state index contributed by atoms with van der Waals surface area (Å²) in [5, 5.41) is 3.58. The Balaban J connectivity index is 1.73. The molecule has 1 atom stereocenters. The van der Waals surface area contributed by atoms with Gasteiger partial charge in [-0.05, 0) is 61.7 Å². The highest BCUT2D eigenvalue weighted by Crippen LogP contribution is 2.36. The van der Waals surface area contributed by atoms with Gasteiger partial charge in [-0.1, -0.05) is 61.2 Å². The summed E-state index contributed by atoms with van der Waals surface area (Å²) < 4.78 is 40.1. The number of amides is 2. The molecule has 9 nitrogen and oxygen atoms in total. The van der Waals surface area contributed by atoms with E-state index in [-0.39, 0.29) is 34.8 Å². The number of nitrogens with zero attached hydrogens (tertiary/aromatic N) is 2. The van der Waals surface area contributed by atoms with Gasteiger partial charge in [-0.3, -0.25) is 13.9 Å². The van der Waals surface area contributed by atoms with Gasteiger partial charge in [0.2, 0.25) is 11.8 Å². The summed E-state index contributed by atoms with van der Waals surface area (Å²) in [6.07, 6.45) is 5.00. The average Bonchev–Trinajstić information content (AvgIpc) is 3.02. The van der Waals surface area contributed by atoms with E-state index >= 15 is 0 Å². The Morgan fingerprint density at radius 3 is 2.33 bits per heavy atom. The van der Waals surface area contributed by atoms with Crippen LogP contribution in [0.3, 0.4) is 0 Å². The van der Waals surface area contributed by atoms with Crippen LogP contribution >= 0.6 is 11.6 Å². The molecule has 0 aromatic heterocycles. The SMILES string of the molecule is COc1ccc(OC)c(N(CC(=O)N(Cc2cccc(Cl)c2)C(C)C(=O)NC2CCCCC2)S(=O)(=O)c2ccccc2)c1. The van der Waals surface area contributed by atoms with Crippen molar-refractivity contribution in [1.29, 1.82) is 0 Å². The highest BCUT2D eigenvalue weighted by atomic mass is 35.5. The van der Waals surface area contributed by atoms with Gasteiger partial charge in [-0.2, -0.15) is 0 Å². The third-order valence-electron chi connectivity index (χ3n) is 7.63. The largest absolute Gasteiger partial charge is 0.497 e. The zero-order chi connectivity index (χ0) is 31.0. The van der Waals surface area contributed by atoms with Crippen LogP contribution in [0.4, 0.5) is 5.69 Å². The van der Waals surface area contributed by atoms with Crippen LogP contribution in [0.1, 0.15) is 44.6 Å². The zero-order valence-electron chi connectivity index (χ0n) is 24.7. The van der Waals surface area contributed by atoms with Gasteiger partial charge in [0.25, 0.3) is 10.0 Å². The maximum Gasteiger partial charge on any atom is 0.264 e. The van der Waals surface area contributed by atoms with Crippen LogP contribution in [0, 0.1) is 0 Å². The van der Waals surface area contributed by atoms with E-state index in [0.717, 1.165) is 36.4 Å². The van der Waals surface area contributed by atoms with E-state index in [1.165, 1.54) is 37.3 Å². The number of anilines is 1. The fraction of sp³-hybridized carbons (Fsp3) is 0.375. The maximum atomic E-state index is 14.2.